The minimum absolute atomic E-state index is 0.0829. The molecule has 7 nitrogen and oxygen atoms in total. The van der Waals surface area contributed by atoms with Crippen molar-refractivity contribution in [2.24, 2.45) is 0 Å². The van der Waals surface area contributed by atoms with E-state index < -0.39 is 5.60 Å². The number of methoxy groups -OCH3 is 2. The zero-order valence-electron chi connectivity index (χ0n) is 15.9. The van der Waals surface area contributed by atoms with Gasteiger partial charge < -0.3 is 19.5 Å². The Morgan fingerprint density at radius 2 is 2.25 bits per heavy atom. The van der Waals surface area contributed by atoms with Crippen LogP contribution in [0.3, 0.4) is 0 Å². The molecule has 1 aliphatic carbocycles. The number of halogens is 1. The molecule has 0 aromatic heterocycles. The van der Waals surface area contributed by atoms with Crippen LogP contribution in [0.4, 0.5) is 0 Å². The van der Waals surface area contributed by atoms with E-state index in [4.69, 9.17) is 25.8 Å². The van der Waals surface area contributed by atoms with Crippen LogP contribution in [-0.2, 0) is 23.8 Å². The van der Waals surface area contributed by atoms with Crippen molar-refractivity contribution in [3.05, 3.63) is 23.3 Å². The van der Waals surface area contributed by atoms with Crippen molar-refractivity contribution in [2.75, 3.05) is 26.6 Å². The molecular weight excluding hydrogens is 384 g/mol. The quantitative estimate of drug-likeness (QED) is 0.314. The highest BCUT2D eigenvalue weighted by atomic mass is 35.5. The van der Waals surface area contributed by atoms with E-state index >= 15 is 0 Å². The molecule has 0 saturated carbocycles. The summed E-state index contributed by atoms with van der Waals surface area (Å²) in [5.74, 6) is 5.38. The Morgan fingerprint density at radius 1 is 1.46 bits per heavy atom. The fourth-order valence-electron chi connectivity index (χ4n) is 5.12. The van der Waals surface area contributed by atoms with Crippen molar-refractivity contribution in [1.29, 1.82) is 0 Å². The SMILES string of the molecule is COC(OC)C1CCC2N1C1C=C(C#CCNC(=O)CCl)C3=CC(=O)OC32C1. The second kappa shape index (κ2) is 7.53. The number of nitrogens with zero attached hydrogens (tertiary/aromatic N) is 1. The average Bonchev–Trinajstić information content (AvgIpc) is 3.33. The molecule has 4 atom stereocenters. The van der Waals surface area contributed by atoms with E-state index in [1.165, 1.54) is 0 Å². The van der Waals surface area contributed by atoms with Crippen LogP contribution in [-0.4, -0.2) is 73.4 Å². The zero-order chi connectivity index (χ0) is 19.9. The van der Waals surface area contributed by atoms with Gasteiger partial charge in [-0.3, -0.25) is 9.69 Å². The van der Waals surface area contributed by atoms with Gasteiger partial charge in [-0.1, -0.05) is 17.9 Å². The molecule has 0 radical (unpaired) electrons. The first-order valence-electron chi connectivity index (χ1n) is 9.36. The lowest BCUT2D eigenvalue weighted by Crippen LogP contribution is -2.48. The third kappa shape index (κ3) is 2.96. The van der Waals surface area contributed by atoms with Gasteiger partial charge in [0.2, 0.25) is 5.91 Å². The molecule has 2 fully saturated rings. The lowest BCUT2D eigenvalue weighted by atomic mass is 9.77. The van der Waals surface area contributed by atoms with Gasteiger partial charge in [-0.25, -0.2) is 4.79 Å². The van der Waals surface area contributed by atoms with Crippen molar-refractivity contribution in [3.8, 4) is 11.8 Å². The Balaban J connectivity index is 1.63. The summed E-state index contributed by atoms with van der Waals surface area (Å²) in [5, 5.41) is 2.62. The largest absolute Gasteiger partial charge is 0.449 e. The molecule has 1 N–H and O–H groups in total. The van der Waals surface area contributed by atoms with E-state index in [-0.39, 0.29) is 48.7 Å². The number of rotatable bonds is 5. The van der Waals surface area contributed by atoms with Crippen LogP contribution >= 0.6 is 11.6 Å². The third-order valence-corrected chi connectivity index (χ3v) is 6.30. The summed E-state index contributed by atoms with van der Waals surface area (Å²) in [6, 6.07) is 0.270. The average molecular weight is 407 g/mol. The van der Waals surface area contributed by atoms with E-state index in [0.29, 0.717) is 0 Å². The number of hydrogen-bond donors (Lipinski definition) is 1. The van der Waals surface area contributed by atoms with Gasteiger partial charge in [0.25, 0.3) is 0 Å². The Morgan fingerprint density at radius 3 is 2.96 bits per heavy atom. The highest BCUT2D eigenvalue weighted by Gasteiger charge is 2.65. The molecule has 0 aromatic carbocycles. The van der Waals surface area contributed by atoms with Gasteiger partial charge in [0.1, 0.15) is 5.88 Å². The highest BCUT2D eigenvalue weighted by molar-refractivity contribution is 6.27. The maximum Gasteiger partial charge on any atom is 0.332 e. The summed E-state index contributed by atoms with van der Waals surface area (Å²) in [6.07, 6.45) is 5.87. The maximum atomic E-state index is 12.2. The highest BCUT2D eigenvalue weighted by Crippen LogP contribution is 2.56. The minimum atomic E-state index is -0.652. The molecule has 2 saturated heterocycles. The lowest BCUT2D eigenvalue weighted by Gasteiger charge is -2.33. The van der Waals surface area contributed by atoms with E-state index in [1.54, 1.807) is 20.3 Å². The molecule has 4 rings (SSSR count). The number of carbonyl (C=O) groups is 2. The fraction of sp³-hybridized carbons (Fsp3) is 0.600. The van der Waals surface area contributed by atoms with Crippen molar-refractivity contribution in [2.45, 2.75) is 49.3 Å². The molecule has 4 aliphatic rings. The van der Waals surface area contributed by atoms with Gasteiger partial charge in [-0.05, 0) is 12.8 Å². The predicted octanol–water partition coefficient (Wildman–Crippen LogP) is 0.731. The number of ether oxygens (including phenoxy) is 3. The summed E-state index contributed by atoms with van der Waals surface area (Å²) in [6.45, 7) is 0.202. The smallest absolute Gasteiger partial charge is 0.332 e. The van der Waals surface area contributed by atoms with Crippen LogP contribution in [0.15, 0.2) is 23.3 Å². The van der Waals surface area contributed by atoms with Gasteiger partial charge in [-0.15, -0.1) is 11.6 Å². The number of alkyl halides is 1. The van der Waals surface area contributed by atoms with Gasteiger partial charge in [0.15, 0.2) is 11.9 Å². The number of hydrogen-bond acceptors (Lipinski definition) is 6. The Kier molecular flexibility index (Phi) is 5.23. The minimum Gasteiger partial charge on any atom is -0.449 e. The number of nitrogens with one attached hydrogen (secondary N) is 1. The summed E-state index contributed by atoms with van der Waals surface area (Å²) in [7, 11) is 3.29. The fourth-order valence-corrected chi connectivity index (χ4v) is 5.22. The standard InChI is InChI=1S/C20H23ClN2O5/c1-26-19(27-2)15-5-6-16-20-10-13(23(15)16)8-12(14(20)9-18(25)28-20)4-3-7-22-17(24)11-21/h8-9,13,15-16,19H,5-7,10-11H2,1-2H3,(H,22,24). The molecule has 1 spiro atoms. The van der Waals surface area contributed by atoms with Crippen LogP contribution in [0.1, 0.15) is 19.3 Å². The lowest BCUT2D eigenvalue weighted by molar-refractivity contribution is -0.151. The molecule has 8 heteroatoms. The van der Waals surface area contributed by atoms with Gasteiger partial charge in [-0.2, -0.15) is 0 Å². The number of amides is 1. The first-order valence-corrected chi connectivity index (χ1v) is 9.89. The molecule has 0 aromatic rings. The number of fused-ring (bicyclic) bond motifs is 3. The molecular formula is C20H23ClN2O5. The van der Waals surface area contributed by atoms with E-state index in [0.717, 1.165) is 30.4 Å². The van der Waals surface area contributed by atoms with E-state index in [9.17, 15) is 9.59 Å². The van der Waals surface area contributed by atoms with Gasteiger partial charge >= 0.3 is 5.97 Å². The topological polar surface area (TPSA) is 77.1 Å². The van der Waals surface area contributed by atoms with Crippen LogP contribution in [0.5, 0.6) is 0 Å². The van der Waals surface area contributed by atoms with Crippen LogP contribution in [0.25, 0.3) is 0 Å². The molecule has 3 heterocycles. The first kappa shape index (κ1) is 19.5. The number of carbonyl (C=O) groups excluding carboxylic acids is 2. The molecule has 1 amide bonds. The van der Waals surface area contributed by atoms with Crippen molar-refractivity contribution in [3.63, 3.8) is 0 Å². The molecule has 150 valence electrons. The van der Waals surface area contributed by atoms with Crippen molar-refractivity contribution < 1.29 is 23.8 Å². The summed E-state index contributed by atoms with van der Waals surface area (Å²) >= 11 is 5.47. The Bertz CT molecular complexity index is 809. The van der Waals surface area contributed by atoms with Crippen molar-refractivity contribution in [1.82, 2.24) is 10.2 Å². The Labute approximate surface area is 169 Å². The second-order valence-electron chi connectivity index (χ2n) is 7.38. The monoisotopic (exact) mass is 406 g/mol. The Hall–Kier alpha value is -1.85. The predicted molar refractivity (Wildman–Crippen MR) is 101 cm³/mol. The van der Waals surface area contributed by atoms with Gasteiger partial charge in [0.05, 0.1) is 18.6 Å². The third-order valence-electron chi connectivity index (χ3n) is 6.06. The summed E-state index contributed by atoms with van der Waals surface area (Å²) < 4.78 is 16.9. The van der Waals surface area contributed by atoms with Crippen LogP contribution < -0.4 is 5.32 Å². The second-order valence-corrected chi connectivity index (χ2v) is 7.65. The zero-order valence-corrected chi connectivity index (χ0v) is 16.6. The number of esters is 1. The maximum absolute atomic E-state index is 12.2. The van der Waals surface area contributed by atoms with Gasteiger partial charge in [0, 0.05) is 43.9 Å². The van der Waals surface area contributed by atoms with Crippen LogP contribution in [0.2, 0.25) is 0 Å². The molecule has 2 bridgehead atoms. The molecule has 28 heavy (non-hydrogen) atoms. The van der Waals surface area contributed by atoms with Crippen LogP contribution in [0, 0.1) is 11.8 Å². The summed E-state index contributed by atoms with van der Waals surface area (Å²) in [5.41, 5.74) is 0.993. The molecule has 4 unspecified atom stereocenters. The summed E-state index contributed by atoms with van der Waals surface area (Å²) in [4.78, 5) is 25.8. The first-order chi connectivity index (χ1) is 13.5. The van der Waals surface area contributed by atoms with E-state index in [2.05, 4.69) is 28.1 Å². The molecule has 3 aliphatic heterocycles. The van der Waals surface area contributed by atoms with E-state index in [1.807, 2.05) is 0 Å². The van der Waals surface area contributed by atoms with Crippen molar-refractivity contribution >= 4 is 23.5 Å². The normalized spacial score (nSPS) is 32.9.